The van der Waals surface area contributed by atoms with E-state index in [1.807, 2.05) is 58.0 Å². The van der Waals surface area contributed by atoms with Crippen LogP contribution >= 0.6 is 0 Å². The van der Waals surface area contributed by atoms with Gasteiger partial charge in [-0.15, -0.1) is 0 Å². The number of carbonyl (C=O) groups is 3. The Balaban J connectivity index is 1.61. The molecule has 0 atom stereocenters. The Bertz CT molecular complexity index is 1220. The Labute approximate surface area is 191 Å². The second kappa shape index (κ2) is 8.10. The van der Waals surface area contributed by atoms with Gasteiger partial charge < -0.3 is 14.2 Å². The van der Waals surface area contributed by atoms with Crippen LogP contribution in [0, 0.1) is 6.92 Å². The van der Waals surface area contributed by atoms with Crippen LogP contribution in [0.15, 0.2) is 40.9 Å². The quantitative estimate of drug-likeness (QED) is 0.552. The lowest BCUT2D eigenvalue weighted by molar-refractivity contribution is -0.156. The number of rotatable bonds is 4. The standard InChI is InChI=1S/C25H27N3O5/c1-15-21-18(11-19(26-22(21)33-27-15)16-9-7-6-8-10-16)23(31)32-14-20(30)28-24(2,3)12-17(29)13-25(28,4)5/h6-11H,12-14H2,1-5H3. The van der Waals surface area contributed by atoms with E-state index in [0.717, 1.165) is 5.56 Å². The van der Waals surface area contributed by atoms with Gasteiger partial charge in [0.25, 0.3) is 11.6 Å². The van der Waals surface area contributed by atoms with Crippen molar-refractivity contribution in [1.29, 1.82) is 0 Å². The predicted molar refractivity (Wildman–Crippen MR) is 122 cm³/mol. The number of hydrogen-bond donors (Lipinski definition) is 0. The molecule has 8 heteroatoms. The van der Waals surface area contributed by atoms with Crippen LogP contribution in [-0.2, 0) is 14.3 Å². The largest absolute Gasteiger partial charge is 0.452 e. The highest BCUT2D eigenvalue weighted by molar-refractivity contribution is 6.05. The average Bonchev–Trinajstić information content (AvgIpc) is 3.10. The van der Waals surface area contributed by atoms with Crippen molar-refractivity contribution in [1.82, 2.24) is 15.0 Å². The summed E-state index contributed by atoms with van der Waals surface area (Å²) in [5.41, 5.74) is 0.971. The molecule has 1 aliphatic rings. The number of esters is 1. The Morgan fingerprint density at radius 1 is 1.09 bits per heavy atom. The normalized spacial score (nSPS) is 17.2. The van der Waals surface area contributed by atoms with E-state index in [2.05, 4.69) is 10.1 Å². The van der Waals surface area contributed by atoms with Gasteiger partial charge in [0, 0.05) is 29.5 Å². The van der Waals surface area contributed by atoms with Crippen molar-refractivity contribution in [3.05, 3.63) is 47.7 Å². The molecule has 0 saturated carbocycles. The van der Waals surface area contributed by atoms with Crippen molar-refractivity contribution in [3.63, 3.8) is 0 Å². The summed E-state index contributed by atoms with van der Waals surface area (Å²) in [5.74, 6) is -0.897. The monoisotopic (exact) mass is 449 g/mol. The Kier molecular flexibility index (Phi) is 5.56. The van der Waals surface area contributed by atoms with Crippen molar-refractivity contribution in [2.45, 2.75) is 58.5 Å². The summed E-state index contributed by atoms with van der Waals surface area (Å²) in [6.07, 6.45) is 0.531. The molecule has 0 spiro atoms. The number of piperidine rings is 1. The van der Waals surface area contributed by atoms with E-state index in [-0.39, 0.29) is 35.8 Å². The highest BCUT2D eigenvalue weighted by Crippen LogP contribution is 2.36. The number of aryl methyl sites for hydroxylation is 1. The Morgan fingerprint density at radius 3 is 2.36 bits per heavy atom. The first-order valence-electron chi connectivity index (χ1n) is 10.8. The first kappa shape index (κ1) is 22.6. The molecule has 3 aromatic rings. The van der Waals surface area contributed by atoms with E-state index in [1.165, 1.54) is 0 Å². The molecule has 172 valence electrons. The molecule has 1 aromatic carbocycles. The van der Waals surface area contributed by atoms with E-state index in [1.54, 1.807) is 17.9 Å². The van der Waals surface area contributed by atoms with E-state index in [9.17, 15) is 14.4 Å². The first-order chi connectivity index (χ1) is 15.5. The van der Waals surface area contributed by atoms with E-state index in [0.29, 0.717) is 16.8 Å². The molecule has 2 aromatic heterocycles. The van der Waals surface area contributed by atoms with Crippen LogP contribution in [0.1, 0.15) is 56.6 Å². The minimum atomic E-state index is -0.669. The zero-order valence-corrected chi connectivity index (χ0v) is 19.5. The van der Waals surface area contributed by atoms with Gasteiger partial charge in [0.15, 0.2) is 6.61 Å². The lowest BCUT2D eigenvalue weighted by atomic mass is 9.79. The molecule has 0 unspecified atom stereocenters. The molecule has 1 fully saturated rings. The number of pyridine rings is 1. The van der Waals surface area contributed by atoms with Crippen LogP contribution in [-0.4, -0.2) is 50.4 Å². The van der Waals surface area contributed by atoms with E-state index < -0.39 is 23.7 Å². The van der Waals surface area contributed by atoms with Crippen molar-refractivity contribution < 1.29 is 23.6 Å². The summed E-state index contributed by atoms with van der Waals surface area (Å²) >= 11 is 0. The number of amides is 1. The number of hydrogen-bond acceptors (Lipinski definition) is 7. The van der Waals surface area contributed by atoms with Gasteiger partial charge in [-0.2, -0.15) is 0 Å². The molecule has 0 aliphatic carbocycles. The predicted octanol–water partition coefficient (Wildman–Crippen LogP) is 4.10. The molecule has 0 N–H and O–H groups in total. The molecule has 1 aliphatic heterocycles. The molecule has 1 saturated heterocycles. The van der Waals surface area contributed by atoms with Gasteiger partial charge in [-0.1, -0.05) is 35.5 Å². The zero-order valence-electron chi connectivity index (χ0n) is 19.5. The Hall–Kier alpha value is -3.55. The molecular weight excluding hydrogens is 422 g/mol. The minimum Gasteiger partial charge on any atom is -0.452 e. The molecular formula is C25H27N3O5. The fraction of sp³-hybridized carbons (Fsp3) is 0.400. The van der Waals surface area contributed by atoms with E-state index in [4.69, 9.17) is 9.26 Å². The molecule has 8 nitrogen and oxygen atoms in total. The van der Waals surface area contributed by atoms with Gasteiger partial charge in [0.05, 0.1) is 22.3 Å². The van der Waals surface area contributed by atoms with Crippen LogP contribution in [0.25, 0.3) is 22.4 Å². The lowest BCUT2D eigenvalue weighted by Gasteiger charge is -2.51. The van der Waals surface area contributed by atoms with Crippen molar-refractivity contribution in [2.75, 3.05) is 6.61 Å². The number of nitrogens with zero attached hydrogens (tertiary/aromatic N) is 3. The summed E-state index contributed by atoms with van der Waals surface area (Å²) < 4.78 is 10.8. The van der Waals surface area contributed by atoms with Gasteiger partial charge >= 0.3 is 5.97 Å². The van der Waals surface area contributed by atoms with Gasteiger partial charge in [-0.05, 0) is 40.7 Å². The minimum absolute atomic E-state index is 0.113. The SMILES string of the molecule is Cc1noc2nc(-c3ccccc3)cc(C(=O)OCC(=O)N3C(C)(C)CC(=O)CC3(C)C)c12. The number of aromatic nitrogens is 2. The van der Waals surface area contributed by atoms with Crippen LogP contribution < -0.4 is 0 Å². The summed E-state index contributed by atoms with van der Waals surface area (Å²) in [5, 5.41) is 4.39. The number of carbonyl (C=O) groups excluding carboxylic acids is 3. The summed E-state index contributed by atoms with van der Waals surface area (Å²) in [4.78, 5) is 44.5. The molecule has 33 heavy (non-hydrogen) atoms. The second-order valence-electron chi connectivity index (χ2n) is 9.69. The maximum atomic E-state index is 13.1. The van der Waals surface area contributed by atoms with Crippen LogP contribution in [0.2, 0.25) is 0 Å². The number of Topliss-reactive ketones (excluding diaryl/α,β-unsaturated/α-hetero) is 1. The van der Waals surface area contributed by atoms with Crippen molar-refractivity contribution in [3.8, 4) is 11.3 Å². The average molecular weight is 450 g/mol. The van der Waals surface area contributed by atoms with Crippen molar-refractivity contribution in [2.24, 2.45) is 0 Å². The molecule has 0 radical (unpaired) electrons. The Morgan fingerprint density at radius 2 is 1.73 bits per heavy atom. The lowest BCUT2D eigenvalue weighted by Crippen LogP contribution is -2.63. The van der Waals surface area contributed by atoms with Crippen molar-refractivity contribution >= 4 is 28.8 Å². The van der Waals surface area contributed by atoms with Gasteiger partial charge in [0.2, 0.25) is 0 Å². The third-order valence-electron chi connectivity index (χ3n) is 5.95. The first-order valence-corrected chi connectivity index (χ1v) is 10.8. The third kappa shape index (κ3) is 4.25. The van der Waals surface area contributed by atoms with Crippen LogP contribution in [0.5, 0.6) is 0 Å². The van der Waals surface area contributed by atoms with Gasteiger partial charge in [0.1, 0.15) is 5.78 Å². The molecule has 3 heterocycles. The summed E-state index contributed by atoms with van der Waals surface area (Å²) in [6.45, 7) is 8.69. The topological polar surface area (TPSA) is 103 Å². The number of likely N-dealkylation sites (tertiary alicyclic amines) is 1. The molecule has 4 rings (SSSR count). The smallest absolute Gasteiger partial charge is 0.339 e. The molecule has 0 bridgehead atoms. The number of ether oxygens (including phenoxy) is 1. The van der Waals surface area contributed by atoms with Gasteiger partial charge in [-0.3, -0.25) is 9.59 Å². The zero-order chi connectivity index (χ0) is 24.0. The third-order valence-corrected chi connectivity index (χ3v) is 5.95. The summed E-state index contributed by atoms with van der Waals surface area (Å²) in [7, 11) is 0. The van der Waals surface area contributed by atoms with E-state index >= 15 is 0 Å². The summed E-state index contributed by atoms with van der Waals surface area (Å²) in [6, 6.07) is 11.0. The maximum Gasteiger partial charge on any atom is 0.339 e. The highest BCUT2D eigenvalue weighted by Gasteiger charge is 2.47. The van der Waals surface area contributed by atoms with Crippen LogP contribution in [0.4, 0.5) is 0 Å². The number of fused-ring (bicyclic) bond motifs is 1. The fourth-order valence-corrected chi connectivity index (χ4v) is 4.96. The van der Waals surface area contributed by atoms with Gasteiger partial charge in [-0.25, -0.2) is 9.78 Å². The highest BCUT2D eigenvalue weighted by atomic mass is 16.5. The molecule has 1 amide bonds. The van der Waals surface area contributed by atoms with Crippen LogP contribution in [0.3, 0.4) is 0 Å². The second-order valence-corrected chi connectivity index (χ2v) is 9.69. The maximum absolute atomic E-state index is 13.1. The fourth-order valence-electron chi connectivity index (χ4n) is 4.96. The number of benzene rings is 1. The number of ketones is 1.